The molecule has 0 aromatic carbocycles. The van der Waals surface area contributed by atoms with Crippen LogP contribution in [-0.4, -0.2) is 111 Å². The maximum Gasteiger partial charge on any atom is 0.111 e. The Bertz CT molecular complexity index is 205. The fourth-order valence-corrected chi connectivity index (χ4v) is 1.51. The molecule has 0 radical (unpaired) electrons. The minimum atomic E-state index is -1.64. The number of rotatable bonds is 2. The molecule has 0 heterocycles. The van der Waals surface area contributed by atoms with Gasteiger partial charge in [0.05, 0.1) is 27.7 Å². The highest BCUT2D eigenvalue weighted by Gasteiger charge is 2.47. The van der Waals surface area contributed by atoms with Crippen LogP contribution < -0.4 is 12.4 Å². The quantitative estimate of drug-likeness (QED) is 0.251. The average Bonchev–Trinajstić information content (AvgIpc) is 2.31. The van der Waals surface area contributed by atoms with Crippen molar-refractivity contribution in [3.8, 4) is 0 Å². The minimum Gasteiger partial charge on any atom is -1.00 e. The van der Waals surface area contributed by atoms with Crippen molar-refractivity contribution < 1.29 is 52.6 Å². The number of hydrogen-bond donors (Lipinski definition) is 7. The zero-order chi connectivity index (χ0) is 15.4. The molecule has 0 saturated heterocycles. The van der Waals surface area contributed by atoms with E-state index in [1.165, 1.54) is 0 Å². The molecule has 0 atom stereocenters. The van der Waals surface area contributed by atoms with Gasteiger partial charge in [-0.25, -0.2) is 0 Å². The maximum atomic E-state index is 8.97. The third-order valence-corrected chi connectivity index (χ3v) is 2.87. The summed E-state index contributed by atoms with van der Waals surface area (Å²) in [5.74, 6) is 0. The lowest BCUT2D eigenvalue weighted by Gasteiger charge is -2.39. The lowest BCUT2D eigenvalue weighted by atomic mass is 9.85. The summed E-state index contributed by atoms with van der Waals surface area (Å²) >= 11 is 0. The van der Waals surface area contributed by atoms with E-state index in [1.54, 1.807) is 0 Å². The lowest BCUT2D eigenvalue weighted by Crippen LogP contribution is -3.00. The molecule has 1 saturated carbocycles. The Morgan fingerprint density at radius 3 is 0.900 bits per heavy atom. The highest BCUT2D eigenvalue weighted by Crippen LogP contribution is 2.20. The summed E-state index contributed by atoms with van der Waals surface area (Å²) in [4.78, 5) is 0. The van der Waals surface area contributed by atoms with Gasteiger partial charge in [0, 0.05) is 0 Å². The van der Waals surface area contributed by atoms with E-state index in [0.717, 1.165) is 11.0 Å². The van der Waals surface area contributed by atoms with Crippen molar-refractivity contribution in [1.82, 2.24) is 0 Å². The smallest absolute Gasteiger partial charge is 0.111 e. The summed E-state index contributed by atoms with van der Waals surface area (Å²) in [6.45, 7) is 1.11. The van der Waals surface area contributed by atoms with Gasteiger partial charge in [-0.1, -0.05) is 0 Å². The zero-order valence-electron chi connectivity index (χ0n) is 11.8. The number of halogens is 1. The van der Waals surface area contributed by atoms with Crippen LogP contribution in [0.4, 0.5) is 0 Å². The SMILES string of the molecule is C[N+](C)(C)CCO.O[C@H]1[C@H](O)[C@@H](O)[C@H](O)[C@@H](O)[C@H]1O.[Cl-]. The summed E-state index contributed by atoms with van der Waals surface area (Å²) in [7, 11) is 6.16. The van der Waals surface area contributed by atoms with Gasteiger partial charge in [0.15, 0.2) is 0 Å². The Balaban J connectivity index is 0. The molecular weight excluding hydrogens is 294 g/mol. The van der Waals surface area contributed by atoms with Gasteiger partial charge in [-0.3, -0.25) is 0 Å². The van der Waals surface area contributed by atoms with Gasteiger partial charge < -0.3 is 52.6 Å². The van der Waals surface area contributed by atoms with E-state index < -0.39 is 36.6 Å². The summed E-state index contributed by atoms with van der Waals surface area (Å²) in [6, 6.07) is 0. The Hall–Kier alpha value is -0.0300. The molecule has 20 heavy (non-hydrogen) atoms. The number of likely N-dealkylation sites (N-methyl/N-ethyl adjacent to an activating group) is 1. The van der Waals surface area contributed by atoms with E-state index >= 15 is 0 Å². The molecule has 7 N–H and O–H groups in total. The second-order valence-corrected chi connectivity index (χ2v) is 5.68. The Morgan fingerprint density at radius 2 is 0.850 bits per heavy atom. The molecular formula is C11H26ClNO7. The number of aliphatic hydroxyl groups excluding tert-OH is 7. The van der Waals surface area contributed by atoms with E-state index in [1.807, 2.05) is 0 Å². The molecule has 0 amide bonds. The van der Waals surface area contributed by atoms with Crippen LogP contribution in [0.1, 0.15) is 0 Å². The molecule has 1 rings (SSSR count). The van der Waals surface area contributed by atoms with Crippen LogP contribution in [-0.2, 0) is 0 Å². The van der Waals surface area contributed by atoms with Crippen molar-refractivity contribution in [3.05, 3.63) is 0 Å². The average molecular weight is 320 g/mol. The standard InChI is InChI=1S/C6H12O6.C5H14NO.ClH/c7-1-2(8)4(10)6(12)5(11)3(1)9;1-6(2,3)4-5-7;/h1-12H;7H,4-5H2,1-3H3;1H/q;+1;/p-1/t1-,2-,3-,4+,5-,6-;;. The van der Waals surface area contributed by atoms with Crippen LogP contribution in [0.15, 0.2) is 0 Å². The zero-order valence-corrected chi connectivity index (χ0v) is 12.6. The van der Waals surface area contributed by atoms with E-state index in [0.29, 0.717) is 0 Å². The van der Waals surface area contributed by atoms with Crippen molar-refractivity contribution in [2.75, 3.05) is 34.3 Å². The van der Waals surface area contributed by atoms with Crippen LogP contribution in [0.25, 0.3) is 0 Å². The molecule has 124 valence electrons. The molecule has 0 aliphatic heterocycles. The third kappa shape index (κ3) is 6.61. The first-order chi connectivity index (χ1) is 8.52. The molecule has 0 aromatic heterocycles. The first-order valence-corrected chi connectivity index (χ1v) is 6.02. The van der Waals surface area contributed by atoms with Crippen molar-refractivity contribution in [2.45, 2.75) is 36.6 Å². The molecule has 8 nitrogen and oxygen atoms in total. The third-order valence-electron chi connectivity index (χ3n) is 2.87. The Morgan fingerprint density at radius 1 is 0.650 bits per heavy atom. The lowest BCUT2D eigenvalue weighted by molar-refractivity contribution is -0.870. The van der Waals surface area contributed by atoms with Crippen LogP contribution in [0.5, 0.6) is 0 Å². The maximum absolute atomic E-state index is 8.97. The van der Waals surface area contributed by atoms with Gasteiger partial charge in [-0.05, 0) is 0 Å². The molecule has 0 bridgehead atoms. The highest BCUT2D eigenvalue weighted by atomic mass is 35.5. The van der Waals surface area contributed by atoms with Gasteiger partial charge in [0.25, 0.3) is 0 Å². The molecule has 9 heteroatoms. The van der Waals surface area contributed by atoms with Gasteiger partial charge in [0.2, 0.25) is 0 Å². The largest absolute Gasteiger partial charge is 1.00 e. The Labute approximate surface area is 124 Å². The van der Waals surface area contributed by atoms with Crippen LogP contribution >= 0.6 is 0 Å². The predicted octanol–water partition coefficient (Wildman–Crippen LogP) is -7.15. The van der Waals surface area contributed by atoms with Gasteiger partial charge in [-0.15, -0.1) is 0 Å². The molecule has 0 aromatic rings. The molecule has 0 unspecified atom stereocenters. The van der Waals surface area contributed by atoms with Crippen molar-refractivity contribution in [2.24, 2.45) is 0 Å². The van der Waals surface area contributed by atoms with Gasteiger partial charge in [-0.2, -0.15) is 0 Å². The summed E-state index contributed by atoms with van der Waals surface area (Å²) in [5.41, 5.74) is 0. The van der Waals surface area contributed by atoms with E-state index in [2.05, 4.69) is 21.1 Å². The second kappa shape index (κ2) is 9.08. The van der Waals surface area contributed by atoms with Gasteiger partial charge >= 0.3 is 0 Å². The number of nitrogens with zero attached hydrogens (tertiary/aromatic N) is 1. The molecule has 0 spiro atoms. The number of quaternary nitrogens is 1. The number of aliphatic hydroxyl groups is 7. The Kier molecular flexibility index (Phi) is 10.1. The van der Waals surface area contributed by atoms with Gasteiger partial charge in [0.1, 0.15) is 43.2 Å². The van der Waals surface area contributed by atoms with Crippen molar-refractivity contribution in [3.63, 3.8) is 0 Å². The van der Waals surface area contributed by atoms with Crippen molar-refractivity contribution >= 4 is 0 Å². The fraction of sp³-hybridized carbons (Fsp3) is 1.00. The summed E-state index contributed by atoms with van der Waals surface area (Å²) in [6.07, 6.45) is -9.84. The topological polar surface area (TPSA) is 142 Å². The normalized spacial score (nSPS) is 37.5. The van der Waals surface area contributed by atoms with E-state index in [4.69, 9.17) is 35.7 Å². The molecule has 1 fully saturated rings. The van der Waals surface area contributed by atoms with Crippen molar-refractivity contribution in [1.29, 1.82) is 0 Å². The second-order valence-electron chi connectivity index (χ2n) is 5.68. The van der Waals surface area contributed by atoms with E-state index in [-0.39, 0.29) is 19.0 Å². The molecule has 1 aliphatic carbocycles. The fourth-order valence-electron chi connectivity index (χ4n) is 1.51. The first kappa shape index (κ1) is 22.3. The number of hydrogen-bond acceptors (Lipinski definition) is 7. The summed E-state index contributed by atoms with van der Waals surface area (Å²) in [5, 5.41) is 62.2. The van der Waals surface area contributed by atoms with E-state index in [9.17, 15) is 0 Å². The van der Waals surface area contributed by atoms with Crippen LogP contribution in [0.3, 0.4) is 0 Å². The highest BCUT2D eigenvalue weighted by molar-refractivity contribution is 4.98. The first-order valence-electron chi connectivity index (χ1n) is 6.02. The minimum absolute atomic E-state index is 0. The summed E-state index contributed by atoms with van der Waals surface area (Å²) < 4.78 is 0.844. The van der Waals surface area contributed by atoms with Crippen LogP contribution in [0, 0.1) is 0 Å². The monoisotopic (exact) mass is 319 g/mol. The predicted molar refractivity (Wildman–Crippen MR) is 66.0 cm³/mol. The van der Waals surface area contributed by atoms with Crippen LogP contribution in [0.2, 0.25) is 0 Å². The molecule has 1 aliphatic rings.